The first-order valence-corrected chi connectivity index (χ1v) is 8.00. The third kappa shape index (κ3) is 4.12. The zero-order valence-corrected chi connectivity index (χ0v) is 14.1. The van der Waals surface area contributed by atoms with E-state index in [1.54, 1.807) is 35.3 Å². The minimum Gasteiger partial charge on any atom is -0.361 e. The number of carbonyl (C=O) groups excluding carboxylic acids is 1. The maximum absolute atomic E-state index is 13.7. The normalized spacial score (nSPS) is 10.8. The van der Waals surface area contributed by atoms with Crippen molar-refractivity contribution in [3.05, 3.63) is 65.1 Å². The molecule has 0 radical (unpaired) electrons. The molecule has 0 aliphatic rings. The Bertz CT molecular complexity index is 865. The Hall–Kier alpha value is -2.96. The van der Waals surface area contributed by atoms with Gasteiger partial charge in [0, 0.05) is 23.7 Å². The maximum Gasteiger partial charge on any atom is 0.224 e. The maximum atomic E-state index is 13.7. The van der Waals surface area contributed by atoms with Gasteiger partial charge in [-0.2, -0.15) is 5.10 Å². The first kappa shape index (κ1) is 16.9. The van der Waals surface area contributed by atoms with Crippen molar-refractivity contribution in [2.75, 3.05) is 5.32 Å². The van der Waals surface area contributed by atoms with Crippen LogP contribution in [0.5, 0.6) is 0 Å². The van der Waals surface area contributed by atoms with E-state index >= 15 is 0 Å². The molecule has 2 aromatic heterocycles. The van der Waals surface area contributed by atoms with Gasteiger partial charge < -0.3 is 9.84 Å². The number of hydrogen-bond acceptors (Lipinski definition) is 4. The molecule has 0 saturated heterocycles. The van der Waals surface area contributed by atoms with Crippen molar-refractivity contribution in [2.24, 2.45) is 0 Å². The smallest absolute Gasteiger partial charge is 0.224 e. The molecule has 2 heterocycles. The molecular formula is C18H19FN4O2. The van der Waals surface area contributed by atoms with E-state index in [9.17, 15) is 9.18 Å². The summed E-state index contributed by atoms with van der Waals surface area (Å²) in [6.07, 6.45) is 4.12. The molecule has 0 fully saturated rings. The van der Waals surface area contributed by atoms with Crippen molar-refractivity contribution >= 4 is 11.6 Å². The van der Waals surface area contributed by atoms with Gasteiger partial charge in [0.25, 0.3) is 0 Å². The van der Waals surface area contributed by atoms with Crippen molar-refractivity contribution in [3.8, 4) is 0 Å². The van der Waals surface area contributed by atoms with Crippen LogP contribution in [0.1, 0.15) is 29.0 Å². The largest absolute Gasteiger partial charge is 0.361 e. The fraction of sp³-hybridized carbons (Fsp3) is 0.278. The van der Waals surface area contributed by atoms with E-state index in [4.69, 9.17) is 4.52 Å². The molecule has 0 unspecified atom stereocenters. The van der Waals surface area contributed by atoms with Crippen molar-refractivity contribution in [2.45, 2.75) is 33.2 Å². The van der Waals surface area contributed by atoms with Crippen LogP contribution < -0.4 is 5.32 Å². The Morgan fingerprint density at radius 3 is 2.84 bits per heavy atom. The van der Waals surface area contributed by atoms with E-state index in [1.165, 1.54) is 6.07 Å². The van der Waals surface area contributed by atoms with Crippen LogP contribution in [0.3, 0.4) is 0 Å². The fourth-order valence-corrected chi connectivity index (χ4v) is 2.64. The highest BCUT2D eigenvalue weighted by Crippen LogP contribution is 2.15. The molecule has 7 heteroatoms. The third-order valence-electron chi connectivity index (χ3n) is 3.99. The quantitative estimate of drug-likeness (QED) is 0.746. The Morgan fingerprint density at radius 2 is 2.12 bits per heavy atom. The summed E-state index contributed by atoms with van der Waals surface area (Å²) in [6.45, 7) is 4.00. The molecule has 0 aliphatic carbocycles. The van der Waals surface area contributed by atoms with Crippen LogP contribution in [0.25, 0.3) is 0 Å². The predicted octanol–water partition coefficient (Wildman–Crippen LogP) is 3.25. The summed E-state index contributed by atoms with van der Waals surface area (Å²) in [5, 5.41) is 10.8. The number of benzene rings is 1. The Morgan fingerprint density at radius 1 is 1.32 bits per heavy atom. The van der Waals surface area contributed by atoms with Gasteiger partial charge >= 0.3 is 0 Å². The van der Waals surface area contributed by atoms with Crippen LogP contribution in [0, 0.1) is 19.7 Å². The molecule has 1 N–H and O–H groups in total. The topological polar surface area (TPSA) is 73.0 Å². The van der Waals surface area contributed by atoms with Crippen LogP contribution >= 0.6 is 0 Å². The highest BCUT2D eigenvalue weighted by molar-refractivity contribution is 5.90. The predicted molar refractivity (Wildman–Crippen MR) is 90.7 cm³/mol. The summed E-state index contributed by atoms with van der Waals surface area (Å²) in [7, 11) is 0. The lowest BCUT2D eigenvalue weighted by Gasteiger charge is -2.04. The molecule has 1 aromatic carbocycles. The number of aromatic nitrogens is 3. The van der Waals surface area contributed by atoms with Crippen LogP contribution in [0.4, 0.5) is 10.1 Å². The number of rotatable bonds is 6. The molecule has 130 valence electrons. The van der Waals surface area contributed by atoms with Gasteiger partial charge in [0.05, 0.1) is 24.1 Å². The minimum atomic E-state index is -0.275. The number of anilines is 1. The molecule has 25 heavy (non-hydrogen) atoms. The lowest BCUT2D eigenvalue weighted by molar-refractivity contribution is -0.116. The highest BCUT2D eigenvalue weighted by Gasteiger charge is 2.12. The molecule has 0 saturated carbocycles. The van der Waals surface area contributed by atoms with Gasteiger partial charge in [-0.15, -0.1) is 0 Å². The number of nitrogens with one attached hydrogen (secondary N) is 1. The van der Waals surface area contributed by atoms with Crippen molar-refractivity contribution in [3.63, 3.8) is 0 Å². The van der Waals surface area contributed by atoms with Crippen molar-refractivity contribution in [1.82, 2.24) is 14.9 Å². The second kappa shape index (κ2) is 7.29. The van der Waals surface area contributed by atoms with E-state index in [-0.39, 0.29) is 11.7 Å². The van der Waals surface area contributed by atoms with Gasteiger partial charge in [-0.3, -0.25) is 9.48 Å². The highest BCUT2D eigenvalue weighted by atomic mass is 19.1. The summed E-state index contributed by atoms with van der Waals surface area (Å²) >= 11 is 0. The average molecular weight is 342 g/mol. The average Bonchev–Trinajstić information content (AvgIpc) is 3.15. The number of hydrogen-bond donors (Lipinski definition) is 1. The molecule has 3 aromatic rings. The monoisotopic (exact) mass is 342 g/mol. The second-order valence-corrected chi connectivity index (χ2v) is 5.87. The van der Waals surface area contributed by atoms with Gasteiger partial charge in [-0.1, -0.05) is 23.4 Å². The van der Waals surface area contributed by atoms with Crippen molar-refractivity contribution < 1.29 is 13.7 Å². The van der Waals surface area contributed by atoms with E-state index in [0.717, 1.165) is 17.0 Å². The van der Waals surface area contributed by atoms with Crippen LogP contribution in [-0.4, -0.2) is 20.8 Å². The fourth-order valence-electron chi connectivity index (χ4n) is 2.64. The van der Waals surface area contributed by atoms with E-state index < -0.39 is 0 Å². The summed E-state index contributed by atoms with van der Waals surface area (Å²) in [6, 6.07) is 6.54. The summed E-state index contributed by atoms with van der Waals surface area (Å²) in [5.74, 6) is 0.344. The minimum absolute atomic E-state index is 0.120. The number of aryl methyl sites for hydroxylation is 2. The van der Waals surface area contributed by atoms with Gasteiger partial charge in [0.1, 0.15) is 11.6 Å². The molecular weight excluding hydrogens is 323 g/mol. The lowest BCUT2D eigenvalue weighted by Crippen LogP contribution is -2.12. The molecule has 0 spiro atoms. The molecule has 0 atom stereocenters. The zero-order valence-electron chi connectivity index (χ0n) is 14.1. The van der Waals surface area contributed by atoms with Crippen LogP contribution in [-0.2, 0) is 17.8 Å². The Labute approximate surface area is 144 Å². The van der Waals surface area contributed by atoms with Crippen LogP contribution in [0.15, 0.2) is 41.2 Å². The Kier molecular flexibility index (Phi) is 4.92. The van der Waals surface area contributed by atoms with Crippen molar-refractivity contribution in [1.29, 1.82) is 0 Å². The number of amides is 1. The second-order valence-electron chi connectivity index (χ2n) is 5.87. The number of halogens is 1. The van der Waals surface area contributed by atoms with Gasteiger partial charge in [-0.05, 0) is 26.3 Å². The van der Waals surface area contributed by atoms with Gasteiger partial charge in [-0.25, -0.2) is 4.39 Å². The zero-order chi connectivity index (χ0) is 17.8. The lowest BCUT2D eigenvalue weighted by atomic mass is 10.1. The van der Waals surface area contributed by atoms with E-state index in [1.807, 2.05) is 13.8 Å². The summed E-state index contributed by atoms with van der Waals surface area (Å²) in [5.41, 5.74) is 2.90. The van der Waals surface area contributed by atoms with Crippen LogP contribution in [0.2, 0.25) is 0 Å². The SMILES string of the molecule is Cc1noc(C)c1CCC(=O)Nc1cnn(Cc2ccccc2F)c1. The first-order chi connectivity index (χ1) is 12.0. The Balaban J connectivity index is 1.56. The summed E-state index contributed by atoms with van der Waals surface area (Å²) < 4.78 is 20.3. The molecule has 3 rings (SSSR count). The molecule has 1 amide bonds. The molecule has 6 nitrogen and oxygen atoms in total. The number of carbonyl (C=O) groups is 1. The molecule has 0 aliphatic heterocycles. The third-order valence-corrected chi connectivity index (χ3v) is 3.99. The van der Waals surface area contributed by atoms with Gasteiger partial charge in [0.2, 0.25) is 5.91 Å². The first-order valence-electron chi connectivity index (χ1n) is 8.00. The number of nitrogens with zero attached hydrogens (tertiary/aromatic N) is 3. The van der Waals surface area contributed by atoms with E-state index in [0.29, 0.717) is 30.6 Å². The van der Waals surface area contributed by atoms with Gasteiger partial charge in [0.15, 0.2) is 0 Å². The van der Waals surface area contributed by atoms with E-state index in [2.05, 4.69) is 15.6 Å². The standard InChI is InChI=1S/C18H19FN4O2/c1-12-16(13(2)25-22-12)7-8-18(24)21-15-9-20-23(11-15)10-14-5-3-4-6-17(14)19/h3-6,9,11H,7-8,10H2,1-2H3,(H,21,24). The summed E-state index contributed by atoms with van der Waals surface area (Å²) in [4.78, 5) is 12.1. The molecule has 0 bridgehead atoms.